The van der Waals surface area contributed by atoms with E-state index in [0.29, 0.717) is 12.3 Å². The zero-order valence-electron chi connectivity index (χ0n) is 14.4. The lowest BCUT2D eigenvalue weighted by atomic mass is 10.1. The number of rotatable bonds is 7. The zero-order chi connectivity index (χ0) is 19.7. The molecule has 0 aliphatic carbocycles. The van der Waals surface area contributed by atoms with Gasteiger partial charge in [-0.1, -0.05) is 24.3 Å². The number of sulfonamides is 1. The highest BCUT2D eigenvalue weighted by molar-refractivity contribution is 7.92. The largest absolute Gasteiger partial charge is 0.490 e. The minimum atomic E-state index is -4.55. The van der Waals surface area contributed by atoms with Crippen LogP contribution >= 0.6 is 0 Å². The van der Waals surface area contributed by atoms with Crippen LogP contribution in [-0.2, 0) is 26.7 Å². The van der Waals surface area contributed by atoms with Gasteiger partial charge in [-0.25, -0.2) is 8.42 Å². The van der Waals surface area contributed by atoms with Gasteiger partial charge >= 0.3 is 6.18 Å². The highest BCUT2D eigenvalue weighted by Gasteiger charge is 2.32. The first-order valence-electron chi connectivity index (χ1n) is 8.13. The van der Waals surface area contributed by atoms with Gasteiger partial charge in [0.1, 0.15) is 18.5 Å². The van der Waals surface area contributed by atoms with E-state index in [4.69, 9.17) is 9.47 Å². The van der Waals surface area contributed by atoms with Crippen LogP contribution in [0.4, 0.5) is 18.9 Å². The fraction of sp³-hybridized carbons (Fsp3) is 0.333. The number of anilines is 1. The third kappa shape index (κ3) is 4.92. The van der Waals surface area contributed by atoms with Crippen molar-refractivity contribution in [2.45, 2.75) is 18.0 Å². The maximum Gasteiger partial charge on any atom is 0.416 e. The number of hydrogen-bond donors (Lipinski definition) is 0. The first-order valence-corrected chi connectivity index (χ1v) is 9.74. The van der Waals surface area contributed by atoms with E-state index < -0.39 is 27.5 Å². The van der Waals surface area contributed by atoms with Crippen LogP contribution in [0.3, 0.4) is 0 Å². The highest BCUT2D eigenvalue weighted by Crippen LogP contribution is 2.34. The molecule has 2 aromatic rings. The van der Waals surface area contributed by atoms with Gasteiger partial charge in [-0.2, -0.15) is 13.2 Å². The molecule has 1 unspecified atom stereocenters. The summed E-state index contributed by atoms with van der Waals surface area (Å²) >= 11 is 0. The minimum Gasteiger partial charge on any atom is -0.490 e. The van der Waals surface area contributed by atoms with Crippen molar-refractivity contribution < 1.29 is 31.1 Å². The van der Waals surface area contributed by atoms with Crippen molar-refractivity contribution in [3.8, 4) is 5.75 Å². The van der Waals surface area contributed by atoms with Crippen molar-refractivity contribution in [3.63, 3.8) is 0 Å². The molecule has 0 N–H and O–H groups in total. The maximum atomic E-state index is 13.0. The van der Waals surface area contributed by atoms with Crippen LogP contribution in [-0.4, -0.2) is 34.8 Å². The van der Waals surface area contributed by atoms with Crippen molar-refractivity contribution >= 4 is 15.7 Å². The molecule has 0 radical (unpaired) electrons. The van der Waals surface area contributed by atoms with E-state index in [9.17, 15) is 21.6 Å². The summed E-state index contributed by atoms with van der Waals surface area (Å²) in [5.41, 5.74) is -0.281. The predicted molar refractivity (Wildman–Crippen MR) is 94.1 cm³/mol. The van der Waals surface area contributed by atoms with Crippen LogP contribution in [0, 0.1) is 0 Å². The molecule has 1 aliphatic rings. The number of ether oxygens (including phenoxy) is 2. The Bertz CT molecular complexity index is 897. The average Bonchev–Trinajstić information content (AvgIpc) is 3.44. The Morgan fingerprint density at radius 1 is 1.19 bits per heavy atom. The maximum absolute atomic E-state index is 13.0. The van der Waals surface area contributed by atoms with Crippen molar-refractivity contribution in [1.29, 1.82) is 0 Å². The van der Waals surface area contributed by atoms with Gasteiger partial charge in [-0.15, -0.1) is 0 Å². The molecular formula is C18H18F3NO4S. The molecule has 1 atom stereocenters. The molecule has 0 aromatic heterocycles. The molecule has 0 bridgehead atoms. The number of hydrogen-bond acceptors (Lipinski definition) is 4. The summed E-state index contributed by atoms with van der Waals surface area (Å²) in [5, 5.41) is 0. The van der Waals surface area contributed by atoms with Crippen LogP contribution in [0.1, 0.15) is 11.1 Å². The van der Waals surface area contributed by atoms with Crippen molar-refractivity contribution in [3.05, 3.63) is 59.7 Å². The van der Waals surface area contributed by atoms with Crippen LogP contribution in [0.15, 0.2) is 48.5 Å². The molecule has 5 nitrogen and oxygen atoms in total. The number of epoxide rings is 1. The topological polar surface area (TPSA) is 59.1 Å². The number of para-hydroxylation sites is 1. The lowest BCUT2D eigenvalue weighted by Gasteiger charge is -2.21. The summed E-state index contributed by atoms with van der Waals surface area (Å²) in [6, 6.07) is 11.2. The molecule has 2 aromatic carbocycles. The van der Waals surface area contributed by atoms with Gasteiger partial charge in [-0.3, -0.25) is 4.31 Å². The fourth-order valence-corrected chi connectivity index (χ4v) is 3.69. The van der Waals surface area contributed by atoms with E-state index in [2.05, 4.69) is 0 Å². The second kappa shape index (κ2) is 7.40. The molecular weight excluding hydrogens is 383 g/mol. The van der Waals surface area contributed by atoms with E-state index in [1.54, 1.807) is 30.3 Å². The Kier molecular flexibility index (Phi) is 5.34. The summed E-state index contributed by atoms with van der Waals surface area (Å²) < 4.78 is 75.9. The van der Waals surface area contributed by atoms with Crippen LogP contribution in [0.5, 0.6) is 5.75 Å². The van der Waals surface area contributed by atoms with E-state index in [1.165, 1.54) is 7.05 Å². The van der Waals surface area contributed by atoms with Crippen molar-refractivity contribution in [2.75, 3.05) is 24.6 Å². The van der Waals surface area contributed by atoms with Crippen molar-refractivity contribution in [2.24, 2.45) is 0 Å². The lowest BCUT2D eigenvalue weighted by Crippen LogP contribution is -2.28. The Morgan fingerprint density at radius 3 is 2.44 bits per heavy atom. The second-order valence-electron chi connectivity index (χ2n) is 6.15. The molecule has 3 rings (SSSR count). The summed E-state index contributed by atoms with van der Waals surface area (Å²) in [4.78, 5) is 0. The Balaban J connectivity index is 1.87. The normalized spacial score (nSPS) is 16.8. The molecule has 1 heterocycles. The first kappa shape index (κ1) is 19.5. The predicted octanol–water partition coefficient (Wildman–Crippen LogP) is 3.45. The van der Waals surface area contributed by atoms with Gasteiger partial charge in [0.15, 0.2) is 0 Å². The smallest absolute Gasteiger partial charge is 0.416 e. The Labute approximate surface area is 155 Å². The minimum absolute atomic E-state index is 0.0723. The molecule has 27 heavy (non-hydrogen) atoms. The number of halogens is 3. The quantitative estimate of drug-likeness (QED) is 0.667. The molecule has 0 spiro atoms. The molecule has 0 amide bonds. The molecule has 9 heteroatoms. The van der Waals surface area contributed by atoms with Gasteiger partial charge in [0.05, 0.1) is 23.6 Å². The second-order valence-corrected chi connectivity index (χ2v) is 8.15. The van der Waals surface area contributed by atoms with Gasteiger partial charge in [0, 0.05) is 12.6 Å². The van der Waals surface area contributed by atoms with Gasteiger partial charge in [0.2, 0.25) is 10.0 Å². The molecule has 1 aliphatic heterocycles. The third-order valence-electron chi connectivity index (χ3n) is 4.10. The van der Waals surface area contributed by atoms with Crippen LogP contribution in [0.25, 0.3) is 0 Å². The lowest BCUT2D eigenvalue weighted by molar-refractivity contribution is -0.137. The standard InChI is InChI=1S/C18H18F3NO4S/c1-22(15-5-3-2-4-6-15)27(23,24)12-13-7-8-14(18(19,20)21)9-17(13)26-11-16-10-25-16/h2-9,16H,10-12H2,1H3. The van der Waals surface area contributed by atoms with E-state index >= 15 is 0 Å². The Morgan fingerprint density at radius 2 is 1.85 bits per heavy atom. The SMILES string of the molecule is CN(c1ccccc1)S(=O)(=O)Cc1ccc(C(F)(F)F)cc1OCC1CO1. The number of benzene rings is 2. The molecule has 146 valence electrons. The van der Waals surface area contributed by atoms with Gasteiger partial charge < -0.3 is 9.47 Å². The van der Waals surface area contributed by atoms with Gasteiger partial charge in [0.25, 0.3) is 0 Å². The number of alkyl halides is 3. The highest BCUT2D eigenvalue weighted by atomic mass is 32.2. The van der Waals surface area contributed by atoms with E-state index in [-0.39, 0.29) is 24.0 Å². The van der Waals surface area contributed by atoms with Crippen LogP contribution < -0.4 is 9.04 Å². The van der Waals surface area contributed by atoms with Crippen molar-refractivity contribution in [1.82, 2.24) is 0 Å². The molecule has 1 saturated heterocycles. The summed E-state index contributed by atoms with van der Waals surface area (Å²) in [7, 11) is -2.42. The van der Waals surface area contributed by atoms with E-state index in [0.717, 1.165) is 22.5 Å². The van der Waals surface area contributed by atoms with Gasteiger partial charge in [-0.05, 0) is 24.3 Å². The zero-order valence-corrected chi connectivity index (χ0v) is 15.3. The van der Waals surface area contributed by atoms with E-state index in [1.807, 2.05) is 0 Å². The average molecular weight is 401 g/mol. The summed E-state index contributed by atoms with van der Waals surface area (Å²) in [5.74, 6) is -0.595. The third-order valence-corrected chi connectivity index (χ3v) is 5.82. The number of nitrogens with zero attached hydrogens (tertiary/aromatic N) is 1. The Hall–Kier alpha value is -2.26. The molecule has 1 fully saturated rings. The summed E-state index contributed by atoms with van der Waals surface area (Å²) in [6.45, 7) is 0.548. The summed E-state index contributed by atoms with van der Waals surface area (Å²) in [6.07, 6.45) is -4.72. The van der Waals surface area contributed by atoms with Crippen LogP contribution in [0.2, 0.25) is 0 Å². The molecule has 0 saturated carbocycles. The first-order chi connectivity index (χ1) is 12.7. The fourth-order valence-electron chi connectivity index (χ4n) is 2.42. The monoisotopic (exact) mass is 401 g/mol.